The molecule has 1 aromatic heterocycles. The minimum Gasteiger partial charge on any atom is -0.478 e. The van der Waals surface area contributed by atoms with Crippen LogP contribution in [0.3, 0.4) is 0 Å². The Hall–Kier alpha value is -2.96. The second-order valence-corrected chi connectivity index (χ2v) is 7.74. The van der Waals surface area contributed by atoms with Gasteiger partial charge in [-0.3, -0.25) is 14.3 Å². The number of carboxylic acids is 1. The largest absolute Gasteiger partial charge is 0.478 e. The van der Waals surface area contributed by atoms with Gasteiger partial charge in [0, 0.05) is 48.2 Å². The van der Waals surface area contributed by atoms with E-state index >= 15 is 0 Å². The van der Waals surface area contributed by atoms with Gasteiger partial charge in [-0.05, 0) is 32.0 Å². The van der Waals surface area contributed by atoms with Crippen LogP contribution in [0.5, 0.6) is 0 Å². The van der Waals surface area contributed by atoms with Gasteiger partial charge in [0.05, 0.1) is 11.3 Å². The lowest BCUT2D eigenvalue weighted by Gasteiger charge is -2.38. The molecule has 1 saturated heterocycles. The number of para-hydroxylation sites is 1. The molecule has 1 aliphatic heterocycles. The maximum atomic E-state index is 13.5. The molecule has 0 amide bonds. The Morgan fingerprint density at radius 3 is 2.41 bits per heavy atom. The first-order valence-electron chi connectivity index (χ1n) is 9.90. The van der Waals surface area contributed by atoms with Gasteiger partial charge in [-0.25, -0.2) is 4.79 Å². The molecule has 6 nitrogen and oxygen atoms in total. The van der Waals surface area contributed by atoms with Crippen molar-refractivity contribution in [2.24, 2.45) is 0 Å². The third-order valence-corrected chi connectivity index (χ3v) is 5.66. The van der Waals surface area contributed by atoms with Crippen LogP contribution in [0.25, 0.3) is 16.5 Å². The number of benzene rings is 2. The number of nitrogens with zero attached hydrogens (tertiary/aromatic N) is 2. The van der Waals surface area contributed by atoms with Crippen LogP contribution in [0.2, 0.25) is 0 Å². The van der Waals surface area contributed by atoms with Gasteiger partial charge in [-0.2, -0.15) is 0 Å². The highest BCUT2D eigenvalue weighted by Crippen LogP contribution is 2.25. The Balaban J connectivity index is 2.01. The number of carbonyl (C=O) groups is 1. The second kappa shape index (κ2) is 7.81. The van der Waals surface area contributed by atoms with E-state index in [0.29, 0.717) is 34.7 Å². The third kappa shape index (κ3) is 3.57. The number of aromatic nitrogens is 1. The normalized spacial score (nSPS) is 20.1. The molecule has 2 aromatic carbocycles. The summed E-state index contributed by atoms with van der Waals surface area (Å²) < 4.78 is 1.57. The number of fused-ring (bicyclic) bond motifs is 1. The number of aromatic carboxylic acids is 1. The van der Waals surface area contributed by atoms with E-state index in [9.17, 15) is 14.7 Å². The quantitative estimate of drug-likeness (QED) is 0.715. The van der Waals surface area contributed by atoms with Crippen LogP contribution < -0.4 is 10.9 Å². The van der Waals surface area contributed by atoms with Crippen LogP contribution in [0.15, 0.2) is 59.4 Å². The number of rotatable bonds is 4. The fourth-order valence-corrected chi connectivity index (χ4v) is 4.15. The van der Waals surface area contributed by atoms with E-state index in [1.165, 1.54) is 0 Å². The fourth-order valence-electron chi connectivity index (χ4n) is 4.15. The molecule has 3 aromatic rings. The number of nitrogens with one attached hydrogen (secondary N) is 1. The molecular weight excluding hydrogens is 366 g/mol. The van der Waals surface area contributed by atoms with Gasteiger partial charge in [-0.1, -0.05) is 36.4 Å². The van der Waals surface area contributed by atoms with E-state index in [1.54, 1.807) is 28.8 Å². The Morgan fingerprint density at radius 1 is 1.07 bits per heavy atom. The molecule has 1 fully saturated rings. The molecular formula is C23H25N3O3. The Bertz CT molecular complexity index is 1110. The molecule has 0 radical (unpaired) electrons. The van der Waals surface area contributed by atoms with Crippen LogP contribution in [-0.2, 0) is 6.54 Å². The zero-order chi connectivity index (χ0) is 20.5. The van der Waals surface area contributed by atoms with Crippen LogP contribution in [-0.4, -0.2) is 45.7 Å². The summed E-state index contributed by atoms with van der Waals surface area (Å²) in [6.07, 6.45) is 0. The predicted molar refractivity (Wildman–Crippen MR) is 114 cm³/mol. The van der Waals surface area contributed by atoms with Gasteiger partial charge in [0.15, 0.2) is 0 Å². The highest BCUT2D eigenvalue weighted by molar-refractivity contribution is 6.04. The molecule has 29 heavy (non-hydrogen) atoms. The first-order chi connectivity index (χ1) is 14.0. The van der Waals surface area contributed by atoms with Gasteiger partial charge in [0.2, 0.25) is 0 Å². The van der Waals surface area contributed by atoms with E-state index in [0.717, 1.165) is 13.1 Å². The van der Waals surface area contributed by atoms with Gasteiger partial charge in [0.25, 0.3) is 5.56 Å². The second-order valence-electron chi connectivity index (χ2n) is 7.74. The highest BCUT2D eigenvalue weighted by atomic mass is 16.4. The summed E-state index contributed by atoms with van der Waals surface area (Å²) in [6, 6.07) is 16.8. The SMILES string of the molecule is C[C@@H]1CN(Cc2c(C(=O)O)c3ccccc3c(=O)n2-c2ccccc2)[C@@H](C)CN1. The summed E-state index contributed by atoms with van der Waals surface area (Å²) in [7, 11) is 0. The molecule has 2 heterocycles. The zero-order valence-electron chi connectivity index (χ0n) is 16.6. The highest BCUT2D eigenvalue weighted by Gasteiger charge is 2.28. The average molecular weight is 391 g/mol. The fraction of sp³-hybridized carbons (Fsp3) is 0.304. The molecule has 0 bridgehead atoms. The van der Waals surface area contributed by atoms with Crippen LogP contribution in [0.1, 0.15) is 29.9 Å². The number of hydrogen-bond donors (Lipinski definition) is 2. The Kier molecular flexibility index (Phi) is 5.22. The first kappa shape index (κ1) is 19.4. The van der Waals surface area contributed by atoms with Crippen molar-refractivity contribution in [3.8, 4) is 5.69 Å². The zero-order valence-corrected chi connectivity index (χ0v) is 16.6. The van der Waals surface area contributed by atoms with E-state index < -0.39 is 5.97 Å². The Labute approximate surface area is 169 Å². The molecule has 1 aliphatic rings. The monoisotopic (exact) mass is 391 g/mol. The lowest BCUT2D eigenvalue weighted by molar-refractivity contribution is 0.0693. The average Bonchev–Trinajstić information content (AvgIpc) is 2.71. The number of carboxylic acid groups (broad SMARTS) is 1. The lowest BCUT2D eigenvalue weighted by atomic mass is 10.0. The van der Waals surface area contributed by atoms with Gasteiger partial charge in [-0.15, -0.1) is 0 Å². The minimum absolute atomic E-state index is 0.192. The molecule has 0 saturated carbocycles. The van der Waals surface area contributed by atoms with Crippen LogP contribution in [0, 0.1) is 0 Å². The topological polar surface area (TPSA) is 74.6 Å². The molecule has 4 rings (SSSR count). The summed E-state index contributed by atoms with van der Waals surface area (Å²) in [6.45, 7) is 6.24. The summed E-state index contributed by atoms with van der Waals surface area (Å²) in [5.41, 5.74) is 1.20. The molecule has 2 N–H and O–H groups in total. The van der Waals surface area contributed by atoms with Gasteiger partial charge < -0.3 is 10.4 Å². The molecule has 0 aliphatic carbocycles. The van der Waals surface area contributed by atoms with Crippen molar-refractivity contribution in [1.29, 1.82) is 0 Å². The van der Waals surface area contributed by atoms with Crippen molar-refractivity contribution < 1.29 is 9.90 Å². The molecule has 0 unspecified atom stereocenters. The van der Waals surface area contributed by atoms with Crippen LogP contribution >= 0.6 is 0 Å². The maximum absolute atomic E-state index is 13.5. The first-order valence-corrected chi connectivity index (χ1v) is 9.90. The van der Waals surface area contributed by atoms with Crippen molar-refractivity contribution in [3.63, 3.8) is 0 Å². The van der Waals surface area contributed by atoms with E-state index in [1.807, 2.05) is 30.3 Å². The Morgan fingerprint density at radius 2 is 1.72 bits per heavy atom. The number of piperazine rings is 1. The van der Waals surface area contributed by atoms with Crippen molar-refractivity contribution in [1.82, 2.24) is 14.8 Å². The van der Waals surface area contributed by atoms with Crippen molar-refractivity contribution in [2.45, 2.75) is 32.5 Å². The van der Waals surface area contributed by atoms with Crippen LogP contribution in [0.4, 0.5) is 0 Å². The van der Waals surface area contributed by atoms with Gasteiger partial charge in [0.1, 0.15) is 0 Å². The van der Waals surface area contributed by atoms with Crippen molar-refractivity contribution in [3.05, 3.63) is 76.2 Å². The summed E-state index contributed by atoms with van der Waals surface area (Å²) in [5.74, 6) is -1.02. The molecule has 2 atom stereocenters. The lowest BCUT2D eigenvalue weighted by Crippen LogP contribution is -2.54. The summed E-state index contributed by atoms with van der Waals surface area (Å²) in [4.78, 5) is 28.1. The molecule has 0 spiro atoms. The van der Waals surface area contributed by atoms with Crippen molar-refractivity contribution in [2.75, 3.05) is 13.1 Å². The smallest absolute Gasteiger partial charge is 0.338 e. The van der Waals surface area contributed by atoms with Crippen molar-refractivity contribution >= 4 is 16.7 Å². The molecule has 6 heteroatoms. The number of hydrogen-bond acceptors (Lipinski definition) is 4. The minimum atomic E-state index is -1.02. The molecule has 150 valence electrons. The van der Waals surface area contributed by atoms with E-state index in [2.05, 4.69) is 24.1 Å². The summed E-state index contributed by atoms with van der Waals surface area (Å²) in [5, 5.41) is 14.5. The van der Waals surface area contributed by atoms with E-state index in [-0.39, 0.29) is 17.2 Å². The third-order valence-electron chi connectivity index (χ3n) is 5.66. The maximum Gasteiger partial charge on any atom is 0.338 e. The summed E-state index contributed by atoms with van der Waals surface area (Å²) >= 11 is 0. The standard InChI is InChI=1S/C23H25N3O3/c1-15-13-25(16(2)12-24-15)14-20-21(23(28)29)18-10-6-7-11-19(18)22(27)26(20)17-8-4-3-5-9-17/h3-11,15-16,24H,12-14H2,1-2H3,(H,28,29)/t15-,16+/m1/s1. The van der Waals surface area contributed by atoms with Gasteiger partial charge >= 0.3 is 5.97 Å². The number of pyridine rings is 1. The predicted octanol–water partition coefficient (Wildman–Crippen LogP) is 2.87. The van der Waals surface area contributed by atoms with E-state index in [4.69, 9.17) is 0 Å².